The van der Waals surface area contributed by atoms with E-state index in [1.807, 2.05) is 0 Å². The van der Waals surface area contributed by atoms with Crippen LogP contribution in [0, 0.1) is 6.92 Å². The highest BCUT2D eigenvalue weighted by Gasteiger charge is 2.33. The number of ether oxygens (including phenoxy) is 1. The van der Waals surface area contributed by atoms with E-state index < -0.39 is 23.3 Å². The van der Waals surface area contributed by atoms with Crippen LogP contribution in [-0.4, -0.2) is 30.3 Å². The van der Waals surface area contributed by atoms with Crippen LogP contribution in [0.3, 0.4) is 0 Å². The van der Waals surface area contributed by atoms with Gasteiger partial charge < -0.3 is 15.2 Å². The largest absolute Gasteiger partial charge is 0.467 e. The third kappa shape index (κ3) is 3.86. The van der Waals surface area contributed by atoms with Gasteiger partial charge in [0.05, 0.1) is 19.2 Å². The van der Waals surface area contributed by atoms with Crippen LogP contribution in [0.2, 0.25) is 0 Å². The number of rotatable bonds is 4. The number of aliphatic hydroxyl groups is 1. The number of methoxy groups -OCH3 is 1. The molecule has 0 spiro atoms. The van der Waals surface area contributed by atoms with E-state index in [4.69, 9.17) is 0 Å². The van der Waals surface area contributed by atoms with Gasteiger partial charge in [-0.25, -0.2) is 4.79 Å². The zero-order chi connectivity index (χ0) is 15.6. The fourth-order valence-corrected chi connectivity index (χ4v) is 1.60. The Kier molecular flexibility index (Phi) is 4.65. The van der Waals surface area contributed by atoms with Crippen LogP contribution in [0.5, 0.6) is 0 Å². The van der Waals surface area contributed by atoms with Gasteiger partial charge in [0.2, 0.25) is 0 Å². The highest BCUT2D eigenvalue weighted by Crippen LogP contribution is 2.33. The predicted molar refractivity (Wildman–Crippen MR) is 67.3 cm³/mol. The SMILES string of the molecule is COC(=O)C(C)(O)CNc1ccc(C)c(C(F)(F)F)c1. The van der Waals surface area contributed by atoms with Gasteiger partial charge in [-0.15, -0.1) is 0 Å². The molecular formula is C13H16F3NO3. The molecule has 7 heteroatoms. The topological polar surface area (TPSA) is 58.6 Å². The number of carbonyl (C=O) groups excluding carboxylic acids is 1. The van der Waals surface area contributed by atoms with Crippen molar-refractivity contribution < 1.29 is 27.8 Å². The number of halogens is 3. The Morgan fingerprint density at radius 3 is 2.50 bits per heavy atom. The Labute approximate surface area is 114 Å². The van der Waals surface area contributed by atoms with Crippen molar-refractivity contribution in [3.63, 3.8) is 0 Å². The standard InChI is InChI=1S/C13H16F3NO3/c1-8-4-5-9(6-10(8)13(14,15)16)17-7-12(2,19)11(18)20-3/h4-6,17,19H,7H2,1-3H3. The number of hydrogen-bond acceptors (Lipinski definition) is 4. The average Bonchev–Trinajstić information content (AvgIpc) is 2.35. The number of anilines is 1. The van der Waals surface area contributed by atoms with Gasteiger partial charge in [0.1, 0.15) is 0 Å². The van der Waals surface area contributed by atoms with E-state index in [0.29, 0.717) is 0 Å². The Bertz CT molecular complexity index is 498. The van der Waals surface area contributed by atoms with Crippen molar-refractivity contribution in [3.05, 3.63) is 29.3 Å². The van der Waals surface area contributed by atoms with E-state index in [2.05, 4.69) is 10.1 Å². The summed E-state index contributed by atoms with van der Waals surface area (Å²) < 4.78 is 42.6. The molecule has 2 N–H and O–H groups in total. The lowest BCUT2D eigenvalue weighted by atomic mass is 10.1. The van der Waals surface area contributed by atoms with Crippen LogP contribution >= 0.6 is 0 Å². The van der Waals surface area contributed by atoms with Gasteiger partial charge in [0.15, 0.2) is 5.60 Å². The lowest BCUT2D eigenvalue weighted by molar-refractivity contribution is -0.158. The molecular weight excluding hydrogens is 275 g/mol. The molecule has 1 rings (SSSR count). The lowest BCUT2D eigenvalue weighted by Crippen LogP contribution is -2.42. The summed E-state index contributed by atoms with van der Waals surface area (Å²) in [5.41, 5.74) is -2.33. The van der Waals surface area contributed by atoms with Crippen molar-refractivity contribution in [2.45, 2.75) is 25.6 Å². The molecule has 1 atom stereocenters. The average molecular weight is 291 g/mol. The summed E-state index contributed by atoms with van der Waals surface area (Å²) >= 11 is 0. The molecule has 1 aromatic rings. The normalized spacial score (nSPS) is 14.6. The number of esters is 1. The maximum absolute atomic E-state index is 12.7. The number of hydrogen-bond donors (Lipinski definition) is 2. The minimum absolute atomic E-state index is 0.0998. The first-order valence-corrected chi connectivity index (χ1v) is 5.80. The van der Waals surface area contributed by atoms with Crippen LogP contribution in [0.15, 0.2) is 18.2 Å². The first kappa shape index (κ1) is 16.3. The molecule has 0 amide bonds. The maximum Gasteiger partial charge on any atom is 0.416 e. The molecule has 0 radical (unpaired) electrons. The molecule has 0 saturated heterocycles. The Morgan fingerprint density at radius 1 is 1.40 bits per heavy atom. The molecule has 4 nitrogen and oxygen atoms in total. The maximum atomic E-state index is 12.7. The predicted octanol–water partition coefficient (Wildman–Crippen LogP) is 2.35. The van der Waals surface area contributed by atoms with Crippen LogP contribution < -0.4 is 5.32 Å². The summed E-state index contributed by atoms with van der Waals surface area (Å²) in [5.74, 6) is -0.867. The Morgan fingerprint density at radius 2 is 2.00 bits per heavy atom. The van der Waals surface area contributed by atoms with Crippen molar-refractivity contribution in [2.24, 2.45) is 0 Å². The van der Waals surface area contributed by atoms with E-state index in [-0.39, 0.29) is 17.8 Å². The number of aryl methyl sites for hydroxylation is 1. The summed E-state index contributed by atoms with van der Waals surface area (Å²) in [6.45, 7) is 2.31. The van der Waals surface area contributed by atoms with Crippen LogP contribution in [0.25, 0.3) is 0 Å². The number of alkyl halides is 3. The summed E-state index contributed by atoms with van der Waals surface area (Å²) in [6.07, 6.45) is -4.45. The zero-order valence-electron chi connectivity index (χ0n) is 11.3. The van der Waals surface area contributed by atoms with Gasteiger partial charge in [-0.3, -0.25) is 0 Å². The molecule has 0 aromatic heterocycles. The van der Waals surface area contributed by atoms with Gasteiger partial charge in [0, 0.05) is 5.69 Å². The zero-order valence-corrected chi connectivity index (χ0v) is 11.3. The third-order valence-electron chi connectivity index (χ3n) is 2.80. The van der Waals surface area contributed by atoms with Crippen LogP contribution in [-0.2, 0) is 15.7 Å². The number of benzene rings is 1. The van der Waals surface area contributed by atoms with E-state index in [1.165, 1.54) is 26.0 Å². The number of carbonyl (C=O) groups is 1. The van der Waals surface area contributed by atoms with Crippen molar-refractivity contribution in [3.8, 4) is 0 Å². The highest BCUT2D eigenvalue weighted by molar-refractivity contribution is 5.79. The molecule has 1 aromatic carbocycles. The second kappa shape index (κ2) is 5.70. The monoisotopic (exact) mass is 291 g/mol. The molecule has 0 fully saturated rings. The Balaban J connectivity index is 2.88. The molecule has 0 heterocycles. The summed E-state index contributed by atoms with van der Waals surface area (Å²) in [6, 6.07) is 3.69. The minimum atomic E-state index is -4.45. The minimum Gasteiger partial charge on any atom is -0.467 e. The molecule has 0 bridgehead atoms. The van der Waals surface area contributed by atoms with Crippen molar-refractivity contribution >= 4 is 11.7 Å². The number of nitrogens with one attached hydrogen (secondary N) is 1. The lowest BCUT2D eigenvalue weighted by Gasteiger charge is -2.21. The second-order valence-electron chi connectivity index (χ2n) is 4.65. The van der Waals surface area contributed by atoms with E-state index in [0.717, 1.165) is 13.2 Å². The van der Waals surface area contributed by atoms with Crippen molar-refractivity contribution in [2.75, 3.05) is 19.0 Å². The van der Waals surface area contributed by atoms with Crippen molar-refractivity contribution in [1.82, 2.24) is 0 Å². The van der Waals surface area contributed by atoms with Gasteiger partial charge in [-0.05, 0) is 31.5 Å². The van der Waals surface area contributed by atoms with E-state index in [1.54, 1.807) is 0 Å². The summed E-state index contributed by atoms with van der Waals surface area (Å²) in [7, 11) is 1.12. The fourth-order valence-electron chi connectivity index (χ4n) is 1.60. The molecule has 0 aliphatic rings. The van der Waals surface area contributed by atoms with Gasteiger partial charge in [-0.1, -0.05) is 6.07 Å². The van der Waals surface area contributed by atoms with E-state index in [9.17, 15) is 23.1 Å². The smallest absolute Gasteiger partial charge is 0.416 e. The first-order chi connectivity index (χ1) is 9.08. The van der Waals surface area contributed by atoms with Crippen LogP contribution in [0.1, 0.15) is 18.1 Å². The molecule has 0 aliphatic carbocycles. The summed E-state index contributed by atoms with van der Waals surface area (Å²) in [4.78, 5) is 11.2. The summed E-state index contributed by atoms with van der Waals surface area (Å²) in [5, 5.41) is 12.4. The van der Waals surface area contributed by atoms with Gasteiger partial charge in [0.25, 0.3) is 0 Å². The van der Waals surface area contributed by atoms with Gasteiger partial charge in [-0.2, -0.15) is 13.2 Å². The molecule has 0 saturated carbocycles. The third-order valence-corrected chi connectivity index (χ3v) is 2.80. The molecule has 1 unspecified atom stereocenters. The first-order valence-electron chi connectivity index (χ1n) is 5.80. The molecule has 112 valence electrons. The second-order valence-corrected chi connectivity index (χ2v) is 4.65. The van der Waals surface area contributed by atoms with Crippen LogP contribution in [0.4, 0.5) is 18.9 Å². The fraction of sp³-hybridized carbons (Fsp3) is 0.462. The Hall–Kier alpha value is -1.76. The highest BCUT2D eigenvalue weighted by atomic mass is 19.4. The molecule has 0 aliphatic heterocycles. The molecule has 20 heavy (non-hydrogen) atoms. The van der Waals surface area contributed by atoms with E-state index >= 15 is 0 Å². The van der Waals surface area contributed by atoms with Crippen molar-refractivity contribution in [1.29, 1.82) is 0 Å². The quantitative estimate of drug-likeness (QED) is 0.836. The van der Waals surface area contributed by atoms with Gasteiger partial charge >= 0.3 is 12.1 Å².